The largest absolute Gasteiger partial charge is 0.282 e. The molecule has 0 aliphatic heterocycles. The maximum absolute atomic E-state index is 6.07. The zero-order valence-electron chi connectivity index (χ0n) is 8.93. The van der Waals surface area contributed by atoms with E-state index >= 15 is 0 Å². The molecular weight excluding hydrogens is 208 g/mol. The van der Waals surface area contributed by atoms with Gasteiger partial charge < -0.3 is 0 Å². The minimum Gasteiger partial charge on any atom is -0.282 e. The van der Waals surface area contributed by atoms with Crippen molar-refractivity contribution in [2.24, 2.45) is 0 Å². The molecule has 3 rings (SSSR count). The van der Waals surface area contributed by atoms with E-state index in [1.807, 2.05) is 0 Å². The summed E-state index contributed by atoms with van der Waals surface area (Å²) in [6, 6.07) is 0. The third-order valence-corrected chi connectivity index (χ3v) is 4.34. The van der Waals surface area contributed by atoms with E-state index in [2.05, 4.69) is 10.2 Å². The number of hydrogen-bond acceptors (Lipinski definition) is 1. The number of nitrogens with zero attached hydrogens (tertiary/aromatic N) is 1. The van der Waals surface area contributed by atoms with E-state index in [1.54, 1.807) is 0 Å². The maximum atomic E-state index is 6.07. The Morgan fingerprint density at radius 3 is 2.27 bits per heavy atom. The van der Waals surface area contributed by atoms with Crippen molar-refractivity contribution in [1.29, 1.82) is 0 Å². The number of H-pyrrole nitrogens is 1. The second-order valence-electron chi connectivity index (χ2n) is 4.89. The molecule has 0 bridgehead atoms. The number of rotatable bonds is 3. The maximum Gasteiger partial charge on any atom is 0.0700 e. The average Bonchev–Trinajstić information content (AvgIpc) is 2.43. The lowest BCUT2D eigenvalue weighted by atomic mass is 9.78. The number of aromatic amines is 1. The first kappa shape index (κ1) is 9.71. The zero-order chi connectivity index (χ0) is 10.3. The van der Waals surface area contributed by atoms with Crippen LogP contribution < -0.4 is 0 Å². The van der Waals surface area contributed by atoms with Crippen LogP contribution in [0.1, 0.15) is 67.3 Å². The molecule has 0 saturated heterocycles. The minimum absolute atomic E-state index is 0.633. The van der Waals surface area contributed by atoms with Gasteiger partial charge in [0.2, 0.25) is 0 Å². The van der Waals surface area contributed by atoms with Crippen LogP contribution in [0.25, 0.3) is 0 Å². The molecule has 0 aromatic carbocycles. The Morgan fingerprint density at radius 1 is 1.13 bits per heavy atom. The van der Waals surface area contributed by atoms with Gasteiger partial charge in [-0.05, 0) is 25.7 Å². The van der Waals surface area contributed by atoms with Gasteiger partial charge in [-0.25, -0.2) is 0 Å². The Balaban J connectivity index is 1.90. The number of nitrogens with one attached hydrogen (secondary N) is 1. The number of hydrogen-bond donors (Lipinski definition) is 1. The lowest BCUT2D eigenvalue weighted by Gasteiger charge is -2.27. The minimum atomic E-state index is 0.633. The van der Waals surface area contributed by atoms with Crippen LogP contribution in [-0.4, -0.2) is 10.2 Å². The first-order chi connectivity index (χ1) is 7.40. The summed E-state index contributed by atoms with van der Waals surface area (Å²) >= 11 is 6.07. The summed E-state index contributed by atoms with van der Waals surface area (Å²) in [5.74, 6) is 2.05. The second-order valence-corrected chi connectivity index (χ2v) is 5.16. The van der Waals surface area contributed by atoms with Gasteiger partial charge >= 0.3 is 0 Å². The molecule has 0 atom stereocenters. The van der Waals surface area contributed by atoms with Crippen LogP contribution in [-0.2, 0) is 5.88 Å². The van der Waals surface area contributed by atoms with Crippen molar-refractivity contribution >= 4 is 11.6 Å². The van der Waals surface area contributed by atoms with Crippen LogP contribution in [0.5, 0.6) is 0 Å². The Hall–Kier alpha value is -0.500. The number of aromatic nitrogens is 2. The average molecular weight is 225 g/mol. The summed E-state index contributed by atoms with van der Waals surface area (Å²) in [7, 11) is 0. The lowest BCUT2D eigenvalue weighted by Crippen LogP contribution is -2.13. The van der Waals surface area contributed by atoms with Gasteiger partial charge in [0.15, 0.2) is 0 Å². The van der Waals surface area contributed by atoms with E-state index in [4.69, 9.17) is 11.6 Å². The predicted molar refractivity (Wildman–Crippen MR) is 61.3 cm³/mol. The van der Waals surface area contributed by atoms with Crippen molar-refractivity contribution in [2.75, 3.05) is 0 Å². The normalized spacial score (nSPS) is 22.5. The third-order valence-electron chi connectivity index (χ3n) is 4.07. The summed E-state index contributed by atoms with van der Waals surface area (Å²) in [6.45, 7) is 0. The quantitative estimate of drug-likeness (QED) is 0.780. The molecule has 1 aromatic heterocycles. The SMILES string of the molecule is ClCc1c(C2CCC2)n[nH]c1C1CCC1. The third kappa shape index (κ3) is 1.50. The van der Waals surface area contributed by atoms with Gasteiger partial charge in [0.1, 0.15) is 0 Å². The molecule has 1 N–H and O–H groups in total. The number of halogens is 1. The molecule has 0 amide bonds. The second kappa shape index (κ2) is 3.82. The summed E-state index contributed by atoms with van der Waals surface area (Å²) < 4.78 is 0. The van der Waals surface area contributed by atoms with Crippen LogP contribution in [0, 0.1) is 0 Å². The van der Waals surface area contributed by atoms with Gasteiger partial charge in [0.05, 0.1) is 11.6 Å². The molecular formula is C12H17ClN2. The van der Waals surface area contributed by atoms with Crippen LogP contribution in [0.3, 0.4) is 0 Å². The fraction of sp³-hybridized carbons (Fsp3) is 0.750. The van der Waals surface area contributed by atoms with Gasteiger partial charge in [-0.2, -0.15) is 5.10 Å². The molecule has 0 radical (unpaired) electrons. The summed E-state index contributed by atoms with van der Waals surface area (Å²) in [6.07, 6.45) is 7.96. The fourth-order valence-electron chi connectivity index (χ4n) is 2.59. The summed E-state index contributed by atoms with van der Waals surface area (Å²) in [4.78, 5) is 0. The van der Waals surface area contributed by atoms with E-state index in [1.165, 1.54) is 55.5 Å². The Bertz CT molecular complexity index is 319. The van der Waals surface area contributed by atoms with Crippen LogP contribution >= 0.6 is 11.6 Å². The Labute approximate surface area is 95.4 Å². The van der Waals surface area contributed by atoms with Crippen LogP contribution in [0.4, 0.5) is 0 Å². The van der Waals surface area contributed by atoms with E-state index in [0.29, 0.717) is 11.8 Å². The molecule has 15 heavy (non-hydrogen) atoms. The smallest absolute Gasteiger partial charge is 0.0700 e. The molecule has 2 aliphatic carbocycles. The highest BCUT2D eigenvalue weighted by Gasteiger charge is 2.30. The monoisotopic (exact) mass is 224 g/mol. The molecule has 3 heteroatoms. The van der Waals surface area contributed by atoms with Crippen LogP contribution in [0.2, 0.25) is 0 Å². The Morgan fingerprint density at radius 2 is 1.80 bits per heavy atom. The summed E-state index contributed by atoms with van der Waals surface area (Å²) in [5.41, 5.74) is 3.95. The highest BCUT2D eigenvalue weighted by molar-refractivity contribution is 6.17. The van der Waals surface area contributed by atoms with E-state index < -0.39 is 0 Å². The molecule has 2 saturated carbocycles. The molecule has 0 spiro atoms. The van der Waals surface area contributed by atoms with Crippen molar-refractivity contribution in [1.82, 2.24) is 10.2 Å². The van der Waals surface area contributed by atoms with Gasteiger partial charge in [0, 0.05) is 23.1 Å². The summed E-state index contributed by atoms with van der Waals surface area (Å²) in [5, 5.41) is 7.74. The lowest BCUT2D eigenvalue weighted by molar-refractivity contribution is 0.406. The van der Waals surface area contributed by atoms with Gasteiger partial charge in [0.25, 0.3) is 0 Å². The van der Waals surface area contributed by atoms with Gasteiger partial charge in [-0.1, -0.05) is 12.8 Å². The topological polar surface area (TPSA) is 28.7 Å². The van der Waals surface area contributed by atoms with Crippen LogP contribution in [0.15, 0.2) is 0 Å². The predicted octanol–water partition coefficient (Wildman–Crippen LogP) is 3.68. The first-order valence-electron chi connectivity index (χ1n) is 6.03. The zero-order valence-corrected chi connectivity index (χ0v) is 9.69. The van der Waals surface area contributed by atoms with Crippen molar-refractivity contribution in [3.05, 3.63) is 17.0 Å². The highest BCUT2D eigenvalue weighted by atomic mass is 35.5. The van der Waals surface area contributed by atoms with Gasteiger partial charge in [-0.3, -0.25) is 5.10 Å². The van der Waals surface area contributed by atoms with Gasteiger partial charge in [-0.15, -0.1) is 11.6 Å². The molecule has 2 fully saturated rings. The van der Waals surface area contributed by atoms with Crippen molar-refractivity contribution in [3.8, 4) is 0 Å². The fourth-order valence-corrected chi connectivity index (χ4v) is 2.87. The molecule has 1 heterocycles. The Kier molecular flexibility index (Phi) is 2.47. The van der Waals surface area contributed by atoms with E-state index in [0.717, 1.165) is 5.92 Å². The molecule has 82 valence electrons. The van der Waals surface area contributed by atoms with Crippen molar-refractivity contribution < 1.29 is 0 Å². The molecule has 0 unspecified atom stereocenters. The highest BCUT2D eigenvalue weighted by Crippen LogP contribution is 2.42. The van der Waals surface area contributed by atoms with Crippen molar-refractivity contribution in [2.45, 2.75) is 56.2 Å². The molecule has 2 nitrogen and oxygen atoms in total. The van der Waals surface area contributed by atoms with E-state index in [-0.39, 0.29) is 0 Å². The van der Waals surface area contributed by atoms with E-state index in [9.17, 15) is 0 Å². The first-order valence-corrected chi connectivity index (χ1v) is 6.56. The molecule has 2 aliphatic rings. The number of alkyl halides is 1. The standard InChI is InChI=1S/C12H17ClN2/c13-7-10-11(8-3-1-4-8)14-15-12(10)9-5-2-6-9/h8-9H,1-7H2,(H,14,15). The molecule has 1 aromatic rings. The van der Waals surface area contributed by atoms with Crippen molar-refractivity contribution in [3.63, 3.8) is 0 Å².